The highest BCUT2D eigenvalue weighted by Crippen LogP contribution is 2.32. The van der Waals surface area contributed by atoms with Gasteiger partial charge >= 0.3 is 0 Å². The Labute approximate surface area is 115 Å². The third-order valence-corrected chi connectivity index (χ3v) is 4.17. The monoisotopic (exact) mass is 337 g/mol. The summed E-state index contributed by atoms with van der Waals surface area (Å²) >= 11 is 16.4. The summed E-state index contributed by atoms with van der Waals surface area (Å²) in [5.74, 6) is 0. The molecule has 0 saturated heterocycles. The van der Waals surface area contributed by atoms with Gasteiger partial charge in [0.15, 0.2) is 0 Å². The van der Waals surface area contributed by atoms with Crippen molar-refractivity contribution in [3.63, 3.8) is 0 Å². The van der Waals surface area contributed by atoms with Gasteiger partial charge in [0.2, 0.25) is 0 Å². The van der Waals surface area contributed by atoms with Crippen molar-refractivity contribution in [2.45, 2.75) is 6.10 Å². The zero-order valence-corrected chi connectivity index (χ0v) is 11.7. The molecule has 2 nitrogen and oxygen atoms in total. The van der Waals surface area contributed by atoms with E-state index in [-0.39, 0.29) is 0 Å². The van der Waals surface area contributed by atoms with Gasteiger partial charge in [0.25, 0.3) is 0 Å². The van der Waals surface area contributed by atoms with Crippen molar-refractivity contribution in [3.8, 4) is 0 Å². The molecule has 84 valence electrons. The van der Waals surface area contributed by atoms with Gasteiger partial charge < -0.3 is 5.11 Å². The van der Waals surface area contributed by atoms with E-state index < -0.39 is 6.10 Å². The van der Waals surface area contributed by atoms with E-state index >= 15 is 0 Å². The van der Waals surface area contributed by atoms with Crippen molar-refractivity contribution in [3.05, 3.63) is 48.8 Å². The lowest BCUT2D eigenvalue weighted by Gasteiger charge is -2.10. The SMILES string of the molecule is OC(c1nc(Br)cs1)c1cc(Cl)ccc1Cl. The number of aliphatic hydroxyl groups is 1. The van der Waals surface area contributed by atoms with Crippen molar-refractivity contribution in [2.24, 2.45) is 0 Å². The Kier molecular flexibility index (Phi) is 3.87. The zero-order chi connectivity index (χ0) is 11.7. The number of aliphatic hydroxyl groups excluding tert-OH is 1. The highest BCUT2D eigenvalue weighted by Gasteiger charge is 2.17. The van der Waals surface area contributed by atoms with E-state index in [0.29, 0.717) is 25.2 Å². The number of rotatable bonds is 2. The van der Waals surface area contributed by atoms with Crippen LogP contribution in [0, 0.1) is 0 Å². The van der Waals surface area contributed by atoms with Crippen molar-refractivity contribution in [1.29, 1.82) is 0 Å². The van der Waals surface area contributed by atoms with Crippen LogP contribution in [0.4, 0.5) is 0 Å². The average molecular weight is 339 g/mol. The minimum absolute atomic E-state index is 0.475. The molecule has 0 bridgehead atoms. The van der Waals surface area contributed by atoms with Crippen LogP contribution >= 0.6 is 50.5 Å². The number of hydrogen-bond acceptors (Lipinski definition) is 3. The molecule has 0 aliphatic heterocycles. The van der Waals surface area contributed by atoms with Crippen LogP contribution in [0.3, 0.4) is 0 Å². The first-order valence-corrected chi connectivity index (χ1v) is 6.74. The van der Waals surface area contributed by atoms with Gasteiger partial charge in [-0.1, -0.05) is 23.2 Å². The number of nitrogens with zero attached hydrogens (tertiary/aromatic N) is 1. The first kappa shape index (κ1) is 12.3. The molecule has 16 heavy (non-hydrogen) atoms. The standard InChI is InChI=1S/C10H6BrCl2NOS/c11-8-4-16-10(14-8)9(15)6-3-5(12)1-2-7(6)13/h1-4,9,15H. The van der Waals surface area contributed by atoms with Crippen molar-refractivity contribution in [2.75, 3.05) is 0 Å². The minimum atomic E-state index is -0.845. The molecule has 2 rings (SSSR count). The fourth-order valence-corrected chi connectivity index (χ4v) is 2.92. The van der Waals surface area contributed by atoms with Crippen LogP contribution in [0.1, 0.15) is 16.7 Å². The van der Waals surface area contributed by atoms with Crippen LogP contribution in [0.2, 0.25) is 10.0 Å². The maximum absolute atomic E-state index is 10.1. The lowest BCUT2D eigenvalue weighted by atomic mass is 10.1. The van der Waals surface area contributed by atoms with E-state index in [0.717, 1.165) is 0 Å². The Morgan fingerprint density at radius 1 is 1.38 bits per heavy atom. The zero-order valence-electron chi connectivity index (χ0n) is 7.82. The molecule has 0 saturated carbocycles. The molecule has 1 unspecified atom stereocenters. The number of thiazole rings is 1. The Morgan fingerprint density at radius 3 is 2.75 bits per heavy atom. The molecular weight excluding hydrogens is 333 g/mol. The maximum Gasteiger partial charge on any atom is 0.132 e. The largest absolute Gasteiger partial charge is 0.381 e. The molecule has 1 N–H and O–H groups in total. The van der Waals surface area contributed by atoms with Crippen LogP contribution < -0.4 is 0 Å². The lowest BCUT2D eigenvalue weighted by molar-refractivity contribution is 0.220. The first-order chi connectivity index (χ1) is 7.58. The van der Waals surface area contributed by atoms with Gasteiger partial charge in [-0.15, -0.1) is 11.3 Å². The smallest absolute Gasteiger partial charge is 0.132 e. The molecule has 1 heterocycles. The molecule has 6 heteroatoms. The number of aromatic nitrogens is 1. The van der Waals surface area contributed by atoms with E-state index in [1.807, 2.05) is 0 Å². The fourth-order valence-electron chi connectivity index (χ4n) is 1.25. The summed E-state index contributed by atoms with van der Waals surface area (Å²) < 4.78 is 0.699. The summed E-state index contributed by atoms with van der Waals surface area (Å²) in [7, 11) is 0. The van der Waals surface area contributed by atoms with Crippen LogP contribution in [-0.4, -0.2) is 10.1 Å². The van der Waals surface area contributed by atoms with Gasteiger partial charge in [0.05, 0.1) is 0 Å². The Morgan fingerprint density at radius 2 is 2.12 bits per heavy atom. The minimum Gasteiger partial charge on any atom is -0.381 e. The van der Waals surface area contributed by atoms with Crippen molar-refractivity contribution in [1.82, 2.24) is 4.98 Å². The fraction of sp³-hybridized carbons (Fsp3) is 0.100. The summed E-state index contributed by atoms with van der Waals surface area (Å²) in [4.78, 5) is 4.14. The van der Waals surface area contributed by atoms with E-state index in [2.05, 4.69) is 20.9 Å². The molecule has 2 aromatic rings. The summed E-state index contributed by atoms with van der Waals surface area (Å²) in [6.07, 6.45) is -0.845. The third kappa shape index (κ3) is 2.57. The number of benzene rings is 1. The average Bonchev–Trinajstić information content (AvgIpc) is 2.67. The molecule has 0 spiro atoms. The quantitative estimate of drug-likeness (QED) is 0.885. The second-order valence-corrected chi connectivity index (χ2v) is 5.62. The summed E-state index contributed by atoms with van der Waals surface area (Å²) in [5.41, 5.74) is 0.566. The van der Waals surface area contributed by atoms with E-state index in [9.17, 15) is 5.11 Å². The van der Waals surface area contributed by atoms with Crippen molar-refractivity contribution >= 4 is 50.5 Å². The number of halogens is 3. The molecule has 0 aliphatic rings. The van der Waals surface area contributed by atoms with Gasteiger partial charge in [-0.2, -0.15) is 0 Å². The van der Waals surface area contributed by atoms with E-state index in [4.69, 9.17) is 23.2 Å². The highest BCUT2D eigenvalue weighted by molar-refractivity contribution is 9.10. The van der Waals surface area contributed by atoms with Gasteiger partial charge in [-0.3, -0.25) is 0 Å². The lowest BCUT2D eigenvalue weighted by Crippen LogP contribution is -1.99. The molecule has 0 amide bonds. The van der Waals surface area contributed by atoms with Crippen LogP contribution in [-0.2, 0) is 0 Å². The summed E-state index contributed by atoms with van der Waals surface area (Å²) in [6, 6.07) is 4.98. The molecule has 1 atom stereocenters. The first-order valence-electron chi connectivity index (χ1n) is 4.32. The topological polar surface area (TPSA) is 33.1 Å². The summed E-state index contributed by atoms with van der Waals surface area (Å²) in [6.45, 7) is 0. The van der Waals surface area contributed by atoms with E-state index in [1.165, 1.54) is 11.3 Å². The molecular formula is C10H6BrCl2NOS. The molecule has 0 fully saturated rings. The van der Waals surface area contributed by atoms with Gasteiger partial charge in [-0.25, -0.2) is 4.98 Å². The molecule has 1 aromatic carbocycles. The third-order valence-electron chi connectivity index (χ3n) is 1.98. The normalized spacial score (nSPS) is 12.8. The van der Waals surface area contributed by atoms with Gasteiger partial charge in [0, 0.05) is 21.0 Å². The Hall–Kier alpha value is -0.130. The second-order valence-electron chi connectivity index (χ2n) is 3.08. The molecule has 0 radical (unpaired) electrons. The van der Waals surface area contributed by atoms with Crippen LogP contribution in [0.25, 0.3) is 0 Å². The van der Waals surface area contributed by atoms with Crippen LogP contribution in [0.15, 0.2) is 28.2 Å². The number of hydrogen-bond donors (Lipinski definition) is 1. The maximum atomic E-state index is 10.1. The predicted octanol–water partition coefficient (Wildman–Crippen LogP) is 4.29. The Bertz CT molecular complexity index is 517. The van der Waals surface area contributed by atoms with Crippen LogP contribution in [0.5, 0.6) is 0 Å². The predicted molar refractivity (Wildman–Crippen MR) is 70.3 cm³/mol. The van der Waals surface area contributed by atoms with Gasteiger partial charge in [0.1, 0.15) is 15.7 Å². The molecule has 0 aliphatic carbocycles. The Balaban J connectivity index is 2.40. The van der Waals surface area contributed by atoms with Gasteiger partial charge in [-0.05, 0) is 34.1 Å². The van der Waals surface area contributed by atoms with E-state index in [1.54, 1.807) is 23.6 Å². The van der Waals surface area contributed by atoms with Crippen molar-refractivity contribution < 1.29 is 5.11 Å². The highest BCUT2D eigenvalue weighted by atomic mass is 79.9. The molecule has 1 aromatic heterocycles. The second kappa shape index (κ2) is 5.02. The summed E-state index contributed by atoms with van der Waals surface area (Å²) in [5, 5.41) is 13.5.